The van der Waals surface area contributed by atoms with Gasteiger partial charge < -0.3 is 4.74 Å². The molecular weight excluding hydrogens is 164 g/mol. The number of methoxy groups -OCH3 is 1. The summed E-state index contributed by atoms with van der Waals surface area (Å²) in [7, 11) is 0.991. The minimum absolute atomic E-state index is 0.559. The van der Waals surface area contributed by atoms with Gasteiger partial charge in [0.15, 0.2) is 0 Å². The van der Waals surface area contributed by atoms with E-state index in [1.54, 1.807) is 0 Å². The topological polar surface area (TPSA) is 9.23 Å². The van der Waals surface area contributed by atoms with Crippen LogP contribution >= 0.6 is 0 Å². The first-order valence-corrected chi connectivity index (χ1v) is 3.06. The van der Waals surface area contributed by atoms with Gasteiger partial charge >= 0.3 is 0 Å². The van der Waals surface area contributed by atoms with Gasteiger partial charge in [-0.3, -0.25) is 0 Å². The second kappa shape index (κ2) is 3.90. The van der Waals surface area contributed by atoms with Crippen molar-refractivity contribution in [2.45, 2.75) is 31.8 Å². The lowest BCUT2D eigenvalue weighted by Gasteiger charge is -2.21. The zero-order valence-corrected chi connectivity index (χ0v) is 6.28. The molecule has 0 aliphatic carbocycles. The smallest absolute Gasteiger partial charge is 0.271 e. The summed E-state index contributed by atoms with van der Waals surface area (Å²) >= 11 is 0. The third-order valence-electron chi connectivity index (χ3n) is 1.24. The Kier molecular flexibility index (Phi) is 3.78. The molecule has 0 aromatic heterocycles. The maximum atomic E-state index is 12.3. The van der Waals surface area contributed by atoms with Crippen molar-refractivity contribution in [1.82, 2.24) is 0 Å². The first-order valence-electron chi connectivity index (χ1n) is 3.06. The van der Waals surface area contributed by atoms with Crippen LogP contribution < -0.4 is 0 Å². The molecule has 0 bridgehead atoms. The first-order chi connectivity index (χ1) is 4.88. The van der Waals surface area contributed by atoms with Crippen LogP contribution in [0.15, 0.2) is 0 Å². The summed E-state index contributed by atoms with van der Waals surface area (Å²) in [5.74, 6) is -3.20. The monoisotopic (exact) mass is 174 g/mol. The van der Waals surface area contributed by atoms with Crippen LogP contribution in [0.25, 0.3) is 0 Å². The van der Waals surface area contributed by atoms with Crippen molar-refractivity contribution < 1.29 is 22.3 Å². The highest BCUT2D eigenvalue weighted by Gasteiger charge is 2.36. The predicted molar refractivity (Wildman–Crippen MR) is 32.0 cm³/mol. The molecule has 0 saturated heterocycles. The quantitative estimate of drug-likeness (QED) is 0.594. The molecule has 0 saturated carbocycles. The Morgan fingerprint density at radius 3 is 1.91 bits per heavy atom. The van der Waals surface area contributed by atoms with Gasteiger partial charge in [-0.1, -0.05) is 0 Å². The highest BCUT2D eigenvalue weighted by molar-refractivity contribution is 4.73. The number of rotatable bonds is 4. The Hall–Kier alpha value is -0.320. The number of halogens is 4. The van der Waals surface area contributed by atoms with E-state index in [0.717, 1.165) is 7.11 Å². The molecular formula is C6H10F4O. The Morgan fingerprint density at radius 1 is 1.36 bits per heavy atom. The second-order valence-electron chi connectivity index (χ2n) is 2.31. The van der Waals surface area contributed by atoms with Crippen LogP contribution in [0.5, 0.6) is 0 Å². The minimum Gasteiger partial charge on any atom is -0.375 e. The predicted octanol–water partition coefficient (Wildman–Crippen LogP) is 2.31. The molecule has 0 N–H and O–H groups in total. The maximum Gasteiger partial charge on any atom is 0.271 e. The average Bonchev–Trinajstić information content (AvgIpc) is 1.79. The van der Waals surface area contributed by atoms with Gasteiger partial charge in [-0.2, -0.15) is 0 Å². The zero-order valence-electron chi connectivity index (χ0n) is 6.28. The molecule has 1 unspecified atom stereocenters. The van der Waals surface area contributed by atoms with Crippen molar-refractivity contribution in [3.63, 3.8) is 0 Å². The molecule has 1 nitrogen and oxygen atoms in total. The SMILES string of the molecule is COC(CC(F)F)C(C)(F)F. The molecule has 0 aromatic carbocycles. The van der Waals surface area contributed by atoms with E-state index in [1.807, 2.05) is 0 Å². The van der Waals surface area contributed by atoms with Gasteiger partial charge in [-0.25, -0.2) is 17.6 Å². The third kappa shape index (κ3) is 4.19. The molecule has 0 amide bonds. The lowest BCUT2D eigenvalue weighted by molar-refractivity contribution is -0.128. The average molecular weight is 174 g/mol. The summed E-state index contributed by atoms with van der Waals surface area (Å²) in [6, 6.07) is 0. The summed E-state index contributed by atoms with van der Waals surface area (Å²) in [4.78, 5) is 0. The molecule has 1 atom stereocenters. The van der Waals surface area contributed by atoms with Gasteiger partial charge in [0.25, 0.3) is 5.92 Å². The van der Waals surface area contributed by atoms with Crippen LogP contribution in [0.1, 0.15) is 13.3 Å². The van der Waals surface area contributed by atoms with E-state index in [-0.39, 0.29) is 0 Å². The fourth-order valence-corrected chi connectivity index (χ4v) is 0.672. The van der Waals surface area contributed by atoms with Crippen molar-refractivity contribution in [2.24, 2.45) is 0 Å². The van der Waals surface area contributed by atoms with Crippen molar-refractivity contribution in [2.75, 3.05) is 7.11 Å². The first kappa shape index (κ1) is 10.7. The summed E-state index contributed by atoms with van der Waals surface area (Å²) in [5, 5.41) is 0. The zero-order chi connectivity index (χ0) is 9.07. The molecule has 0 fully saturated rings. The van der Waals surface area contributed by atoms with Gasteiger partial charge in [-0.05, 0) is 0 Å². The van der Waals surface area contributed by atoms with Gasteiger partial charge in [0, 0.05) is 20.5 Å². The van der Waals surface area contributed by atoms with Crippen LogP contribution in [-0.2, 0) is 4.74 Å². The largest absolute Gasteiger partial charge is 0.375 e. The van der Waals surface area contributed by atoms with Gasteiger partial charge in [0.2, 0.25) is 6.43 Å². The van der Waals surface area contributed by atoms with Crippen LogP contribution in [-0.4, -0.2) is 25.6 Å². The van der Waals surface area contributed by atoms with Crippen molar-refractivity contribution in [3.8, 4) is 0 Å². The third-order valence-corrected chi connectivity index (χ3v) is 1.24. The number of hydrogen-bond donors (Lipinski definition) is 0. The van der Waals surface area contributed by atoms with Gasteiger partial charge in [-0.15, -0.1) is 0 Å². The van der Waals surface area contributed by atoms with Crippen LogP contribution in [0.2, 0.25) is 0 Å². The van der Waals surface area contributed by atoms with Crippen LogP contribution in [0.3, 0.4) is 0 Å². The van der Waals surface area contributed by atoms with E-state index in [2.05, 4.69) is 4.74 Å². The lowest BCUT2D eigenvalue weighted by atomic mass is 10.1. The fourth-order valence-electron chi connectivity index (χ4n) is 0.672. The molecule has 5 heteroatoms. The normalized spacial score (nSPS) is 15.5. The number of ether oxygens (including phenoxy) is 1. The van der Waals surface area contributed by atoms with E-state index in [9.17, 15) is 17.6 Å². The molecule has 0 radical (unpaired) electrons. The van der Waals surface area contributed by atoms with Crippen molar-refractivity contribution in [1.29, 1.82) is 0 Å². The highest BCUT2D eigenvalue weighted by atomic mass is 19.3. The van der Waals surface area contributed by atoms with E-state index in [1.165, 1.54) is 0 Å². The molecule has 0 spiro atoms. The van der Waals surface area contributed by atoms with Crippen LogP contribution in [0.4, 0.5) is 17.6 Å². The Morgan fingerprint density at radius 2 is 1.82 bits per heavy atom. The Balaban J connectivity index is 3.96. The molecule has 0 heterocycles. The van der Waals surface area contributed by atoms with Crippen molar-refractivity contribution >= 4 is 0 Å². The molecule has 0 aliphatic rings. The van der Waals surface area contributed by atoms with Crippen LogP contribution in [0, 0.1) is 0 Å². The fraction of sp³-hybridized carbons (Fsp3) is 1.00. The van der Waals surface area contributed by atoms with E-state index < -0.39 is 24.9 Å². The van der Waals surface area contributed by atoms with E-state index >= 15 is 0 Å². The van der Waals surface area contributed by atoms with E-state index in [0.29, 0.717) is 6.92 Å². The van der Waals surface area contributed by atoms with Crippen molar-refractivity contribution in [3.05, 3.63) is 0 Å². The molecule has 0 rings (SSSR count). The number of alkyl halides is 4. The Bertz CT molecular complexity index is 110. The molecule has 11 heavy (non-hydrogen) atoms. The van der Waals surface area contributed by atoms with E-state index in [4.69, 9.17) is 0 Å². The standard InChI is InChI=1S/C6H10F4O/c1-6(9,10)4(11-2)3-5(7)8/h4-5H,3H2,1-2H3. The number of hydrogen-bond acceptors (Lipinski definition) is 1. The maximum absolute atomic E-state index is 12.3. The summed E-state index contributed by atoms with van der Waals surface area (Å²) < 4.78 is 52.0. The molecule has 68 valence electrons. The molecule has 0 aromatic rings. The molecule has 0 aliphatic heterocycles. The summed E-state index contributed by atoms with van der Waals surface area (Å²) in [5.41, 5.74) is 0. The summed E-state index contributed by atoms with van der Waals surface area (Å²) in [6.45, 7) is 0.559. The minimum atomic E-state index is -3.20. The Labute approximate surface area is 62.3 Å². The van der Waals surface area contributed by atoms with Gasteiger partial charge in [0.1, 0.15) is 6.10 Å². The highest BCUT2D eigenvalue weighted by Crippen LogP contribution is 2.24. The second-order valence-corrected chi connectivity index (χ2v) is 2.31. The summed E-state index contributed by atoms with van der Waals surface area (Å²) in [6.07, 6.45) is -5.38. The lowest BCUT2D eigenvalue weighted by Crippen LogP contribution is -2.33. The van der Waals surface area contributed by atoms with Gasteiger partial charge in [0.05, 0.1) is 0 Å².